The SMILES string of the molecule is CCCC(C)N(C)C1CCCC(NCC)(C(=O)OC)C1. The van der Waals surface area contributed by atoms with Crippen LogP contribution in [0.3, 0.4) is 0 Å². The van der Waals surface area contributed by atoms with Gasteiger partial charge < -0.3 is 15.0 Å². The van der Waals surface area contributed by atoms with Crippen LogP contribution in [0.5, 0.6) is 0 Å². The van der Waals surface area contributed by atoms with Crippen molar-refractivity contribution in [2.45, 2.75) is 76.9 Å². The highest BCUT2D eigenvalue weighted by atomic mass is 16.5. The van der Waals surface area contributed by atoms with E-state index in [1.165, 1.54) is 26.4 Å². The molecule has 20 heavy (non-hydrogen) atoms. The molecule has 1 rings (SSSR count). The van der Waals surface area contributed by atoms with E-state index in [1.807, 2.05) is 0 Å². The number of rotatable bonds is 7. The summed E-state index contributed by atoms with van der Waals surface area (Å²) in [6.07, 6.45) is 6.41. The smallest absolute Gasteiger partial charge is 0.326 e. The number of hydrogen-bond acceptors (Lipinski definition) is 4. The summed E-state index contributed by atoms with van der Waals surface area (Å²) in [6.45, 7) is 7.36. The summed E-state index contributed by atoms with van der Waals surface area (Å²) in [4.78, 5) is 14.7. The number of nitrogens with one attached hydrogen (secondary N) is 1. The standard InChI is InChI=1S/C16H32N2O2/c1-6-9-13(3)18(4)14-10-8-11-16(12-14,17-7-2)15(19)20-5/h13-14,17H,6-12H2,1-5H3. The first-order valence-electron chi connectivity index (χ1n) is 8.06. The number of ether oxygens (including phenoxy) is 1. The molecule has 0 bridgehead atoms. The molecule has 1 N–H and O–H groups in total. The monoisotopic (exact) mass is 284 g/mol. The summed E-state index contributed by atoms with van der Waals surface area (Å²) >= 11 is 0. The van der Waals surface area contributed by atoms with Crippen molar-refractivity contribution in [1.29, 1.82) is 0 Å². The van der Waals surface area contributed by atoms with Gasteiger partial charge in [-0.1, -0.05) is 20.3 Å². The second-order valence-corrected chi connectivity index (χ2v) is 6.16. The number of carbonyl (C=O) groups excluding carboxylic acids is 1. The van der Waals surface area contributed by atoms with Gasteiger partial charge in [-0.2, -0.15) is 0 Å². The molecule has 3 unspecified atom stereocenters. The van der Waals surface area contributed by atoms with E-state index in [4.69, 9.17) is 4.74 Å². The second kappa shape index (κ2) is 7.99. The number of hydrogen-bond donors (Lipinski definition) is 1. The fourth-order valence-corrected chi connectivity index (χ4v) is 3.53. The molecular formula is C16H32N2O2. The zero-order valence-electron chi connectivity index (χ0n) is 13.9. The lowest BCUT2D eigenvalue weighted by Gasteiger charge is -2.44. The Morgan fingerprint density at radius 2 is 2.20 bits per heavy atom. The van der Waals surface area contributed by atoms with Crippen molar-refractivity contribution in [3.05, 3.63) is 0 Å². The first kappa shape index (κ1) is 17.4. The molecule has 0 saturated heterocycles. The number of carbonyl (C=O) groups is 1. The summed E-state index contributed by atoms with van der Waals surface area (Å²) in [7, 11) is 3.69. The van der Waals surface area contributed by atoms with Crippen LogP contribution < -0.4 is 5.32 Å². The molecular weight excluding hydrogens is 252 g/mol. The Labute approximate surface area is 124 Å². The predicted molar refractivity (Wildman–Crippen MR) is 82.8 cm³/mol. The van der Waals surface area contributed by atoms with E-state index in [2.05, 4.69) is 38.0 Å². The van der Waals surface area contributed by atoms with Gasteiger partial charge in [-0.05, 0) is 52.6 Å². The predicted octanol–water partition coefficient (Wildman–Crippen LogP) is 2.57. The maximum Gasteiger partial charge on any atom is 0.326 e. The Balaban J connectivity index is 2.79. The van der Waals surface area contributed by atoms with Crippen molar-refractivity contribution in [3.8, 4) is 0 Å². The molecule has 1 saturated carbocycles. The van der Waals surface area contributed by atoms with E-state index in [9.17, 15) is 4.79 Å². The summed E-state index contributed by atoms with van der Waals surface area (Å²) in [5, 5.41) is 3.40. The zero-order chi connectivity index (χ0) is 15.2. The number of methoxy groups -OCH3 is 1. The van der Waals surface area contributed by atoms with Crippen molar-refractivity contribution in [2.24, 2.45) is 0 Å². The van der Waals surface area contributed by atoms with Gasteiger partial charge in [0.1, 0.15) is 5.54 Å². The second-order valence-electron chi connectivity index (χ2n) is 6.16. The van der Waals surface area contributed by atoms with Crippen molar-refractivity contribution < 1.29 is 9.53 Å². The maximum atomic E-state index is 12.2. The molecule has 4 nitrogen and oxygen atoms in total. The first-order chi connectivity index (χ1) is 9.50. The highest BCUT2D eigenvalue weighted by Gasteiger charge is 2.44. The third-order valence-electron chi connectivity index (χ3n) is 4.79. The summed E-state index contributed by atoms with van der Waals surface area (Å²) in [6, 6.07) is 1.03. The van der Waals surface area contributed by atoms with E-state index >= 15 is 0 Å². The Hall–Kier alpha value is -0.610. The molecule has 1 fully saturated rings. The van der Waals surface area contributed by atoms with Gasteiger partial charge in [0.05, 0.1) is 7.11 Å². The van der Waals surface area contributed by atoms with Gasteiger partial charge in [-0.25, -0.2) is 0 Å². The highest BCUT2D eigenvalue weighted by molar-refractivity contribution is 5.81. The summed E-state index contributed by atoms with van der Waals surface area (Å²) in [5.41, 5.74) is -0.480. The summed E-state index contributed by atoms with van der Waals surface area (Å²) < 4.78 is 5.06. The molecule has 118 valence electrons. The molecule has 1 aliphatic rings. The molecule has 0 amide bonds. The third-order valence-corrected chi connectivity index (χ3v) is 4.79. The zero-order valence-corrected chi connectivity index (χ0v) is 13.9. The average Bonchev–Trinajstić information content (AvgIpc) is 2.46. The topological polar surface area (TPSA) is 41.6 Å². The Bertz CT molecular complexity index is 305. The van der Waals surface area contributed by atoms with Crippen molar-refractivity contribution >= 4 is 5.97 Å². The van der Waals surface area contributed by atoms with Crippen molar-refractivity contribution in [1.82, 2.24) is 10.2 Å². The van der Waals surface area contributed by atoms with E-state index in [-0.39, 0.29) is 5.97 Å². The molecule has 0 aromatic heterocycles. The molecule has 0 aromatic rings. The molecule has 0 heterocycles. The molecule has 4 heteroatoms. The van der Waals surface area contributed by atoms with Gasteiger partial charge in [-0.15, -0.1) is 0 Å². The van der Waals surface area contributed by atoms with Crippen LogP contribution in [-0.2, 0) is 9.53 Å². The molecule has 0 spiro atoms. The largest absolute Gasteiger partial charge is 0.468 e. The Morgan fingerprint density at radius 1 is 1.50 bits per heavy atom. The van der Waals surface area contributed by atoms with E-state index in [0.717, 1.165) is 25.8 Å². The lowest BCUT2D eigenvalue weighted by Crippen LogP contribution is -2.59. The summed E-state index contributed by atoms with van der Waals surface area (Å²) in [5.74, 6) is -0.0967. The van der Waals surface area contributed by atoms with Gasteiger partial charge in [0.2, 0.25) is 0 Å². The van der Waals surface area contributed by atoms with Crippen LogP contribution in [0.1, 0.15) is 59.3 Å². The van der Waals surface area contributed by atoms with Gasteiger partial charge in [0, 0.05) is 12.1 Å². The molecule has 0 aromatic carbocycles. The van der Waals surface area contributed by atoms with E-state index in [0.29, 0.717) is 12.1 Å². The lowest BCUT2D eigenvalue weighted by molar-refractivity contribution is -0.151. The highest BCUT2D eigenvalue weighted by Crippen LogP contribution is 2.33. The fourth-order valence-electron chi connectivity index (χ4n) is 3.53. The Morgan fingerprint density at radius 3 is 2.75 bits per heavy atom. The van der Waals surface area contributed by atoms with Gasteiger partial charge in [-0.3, -0.25) is 4.79 Å². The minimum absolute atomic E-state index is 0.0967. The number of likely N-dealkylation sites (N-methyl/N-ethyl adjacent to an activating group) is 1. The van der Waals surface area contributed by atoms with E-state index in [1.54, 1.807) is 0 Å². The minimum Gasteiger partial charge on any atom is -0.468 e. The first-order valence-corrected chi connectivity index (χ1v) is 8.06. The van der Waals surface area contributed by atoms with Crippen LogP contribution >= 0.6 is 0 Å². The van der Waals surface area contributed by atoms with E-state index < -0.39 is 5.54 Å². The van der Waals surface area contributed by atoms with Crippen LogP contribution in [0.4, 0.5) is 0 Å². The van der Waals surface area contributed by atoms with Crippen molar-refractivity contribution in [2.75, 3.05) is 20.7 Å². The maximum absolute atomic E-state index is 12.2. The molecule has 3 atom stereocenters. The van der Waals surface area contributed by atoms with Crippen LogP contribution in [0.25, 0.3) is 0 Å². The normalized spacial score (nSPS) is 28.4. The van der Waals surface area contributed by atoms with Gasteiger partial charge >= 0.3 is 5.97 Å². The molecule has 0 aliphatic heterocycles. The number of esters is 1. The van der Waals surface area contributed by atoms with Crippen LogP contribution in [-0.4, -0.2) is 49.2 Å². The number of nitrogens with zero attached hydrogens (tertiary/aromatic N) is 1. The van der Waals surface area contributed by atoms with Gasteiger partial charge in [0.25, 0.3) is 0 Å². The third kappa shape index (κ3) is 3.95. The molecule has 1 aliphatic carbocycles. The van der Waals surface area contributed by atoms with Crippen molar-refractivity contribution in [3.63, 3.8) is 0 Å². The quantitative estimate of drug-likeness (QED) is 0.730. The Kier molecular flexibility index (Phi) is 6.96. The molecule has 0 radical (unpaired) electrons. The average molecular weight is 284 g/mol. The van der Waals surface area contributed by atoms with Gasteiger partial charge in [0.15, 0.2) is 0 Å². The van der Waals surface area contributed by atoms with Crippen LogP contribution in [0.15, 0.2) is 0 Å². The van der Waals surface area contributed by atoms with Crippen LogP contribution in [0.2, 0.25) is 0 Å². The lowest BCUT2D eigenvalue weighted by atomic mass is 9.78. The minimum atomic E-state index is -0.480. The van der Waals surface area contributed by atoms with Crippen LogP contribution in [0, 0.1) is 0 Å². The fraction of sp³-hybridized carbons (Fsp3) is 0.938.